The molecule has 0 aliphatic heterocycles. The second kappa shape index (κ2) is 8.76. The number of hydrogen-bond donors (Lipinski definition) is 1. The first-order chi connectivity index (χ1) is 11.8. The molecule has 1 N–H and O–H groups in total. The predicted octanol–water partition coefficient (Wildman–Crippen LogP) is 6.36. The van der Waals surface area contributed by atoms with Gasteiger partial charge >= 0.3 is 7.60 Å². The van der Waals surface area contributed by atoms with Crippen LogP contribution in [0.2, 0.25) is 10.0 Å². The zero-order valence-electron chi connectivity index (χ0n) is 13.8. The Balaban J connectivity index is 2.60. The largest absolute Gasteiger partial charge is 0.495 e. The molecule has 0 radical (unpaired) electrons. The quantitative estimate of drug-likeness (QED) is 0.479. The molecule has 0 aliphatic rings. The number of nitrogens with one attached hydrogen (secondary N) is 1. The van der Waals surface area contributed by atoms with E-state index >= 15 is 0 Å². The highest BCUT2D eigenvalue weighted by molar-refractivity contribution is 9.10. The monoisotopic (exact) mass is 467 g/mol. The number of ether oxygens (including phenoxy) is 1. The maximum Gasteiger partial charge on any atom is 0.356 e. The van der Waals surface area contributed by atoms with E-state index in [9.17, 15) is 4.57 Å². The zero-order chi connectivity index (χ0) is 18.6. The Morgan fingerprint density at radius 1 is 1.08 bits per heavy atom. The molecule has 9 heteroatoms. The highest BCUT2D eigenvalue weighted by Crippen LogP contribution is 2.61. The molecule has 0 amide bonds. The van der Waals surface area contributed by atoms with E-state index in [1.54, 1.807) is 12.1 Å². The molecule has 0 heterocycles. The molecule has 0 saturated carbocycles. The van der Waals surface area contributed by atoms with Gasteiger partial charge in [-0.15, -0.1) is 0 Å². The van der Waals surface area contributed by atoms with Crippen LogP contribution < -0.4 is 10.1 Å². The van der Waals surface area contributed by atoms with Gasteiger partial charge in [0.1, 0.15) is 5.75 Å². The third kappa shape index (κ3) is 4.70. The summed E-state index contributed by atoms with van der Waals surface area (Å²) < 4.78 is 29.9. The molecule has 1 unspecified atom stereocenters. The van der Waals surface area contributed by atoms with Crippen molar-refractivity contribution in [2.75, 3.05) is 26.6 Å². The maximum atomic E-state index is 13.2. The Morgan fingerprint density at radius 2 is 1.68 bits per heavy atom. The van der Waals surface area contributed by atoms with Crippen LogP contribution in [0.4, 0.5) is 5.69 Å². The van der Waals surface area contributed by atoms with Gasteiger partial charge in [0.15, 0.2) is 5.78 Å². The van der Waals surface area contributed by atoms with Gasteiger partial charge in [-0.3, -0.25) is 4.57 Å². The highest BCUT2D eigenvalue weighted by atomic mass is 79.9. The molecular formula is C16H17BrCl2NO4P. The lowest BCUT2D eigenvalue weighted by Gasteiger charge is -2.28. The lowest BCUT2D eigenvalue weighted by atomic mass is 10.2. The standard InChI is InChI=1S/C16H17BrCl2NO4P/c1-22-15-13(8-11(18)9-14(15)19)16(25(21,23-2)24-3)20-12-6-4-10(17)5-7-12/h4-9,16,20H,1-3H3. The van der Waals surface area contributed by atoms with E-state index in [1.165, 1.54) is 21.3 Å². The van der Waals surface area contributed by atoms with Crippen molar-refractivity contribution in [1.82, 2.24) is 0 Å². The first-order valence-corrected chi connectivity index (χ1v) is 10.3. The Labute approximate surface area is 165 Å². The maximum absolute atomic E-state index is 13.2. The van der Waals surface area contributed by atoms with E-state index in [1.807, 2.05) is 24.3 Å². The van der Waals surface area contributed by atoms with E-state index in [4.69, 9.17) is 37.0 Å². The summed E-state index contributed by atoms with van der Waals surface area (Å²) in [6.07, 6.45) is 0. The Kier molecular flexibility index (Phi) is 7.20. The van der Waals surface area contributed by atoms with Crippen molar-refractivity contribution in [3.8, 4) is 5.75 Å². The summed E-state index contributed by atoms with van der Waals surface area (Å²) in [7, 11) is 0.519. The number of hydrogen-bond acceptors (Lipinski definition) is 5. The van der Waals surface area contributed by atoms with Crippen molar-refractivity contribution < 1.29 is 18.3 Å². The van der Waals surface area contributed by atoms with Crippen molar-refractivity contribution >= 4 is 52.4 Å². The van der Waals surface area contributed by atoms with Crippen LogP contribution in [0.15, 0.2) is 40.9 Å². The highest BCUT2D eigenvalue weighted by Gasteiger charge is 2.38. The van der Waals surface area contributed by atoms with E-state index < -0.39 is 13.4 Å². The van der Waals surface area contributed by atoms with Crippen LogP contribution in [0.1, 0.15) is 11.3 Å². The van der Waals surface area contributed by atoms with Crippen molar-refractivity contribution in [2.24, 2.45) is 0 Å². The minimum Gasteiger partial charge on any atom is -0.495 e. The Hall–Kier alpha value is -0.750. The van der Waals surface area contributed by atoms with Crippen molar-refractivity contribution in [2.45, 2.75) is 5.78 Å². The molecule has 136 valence electrons. The molecule has 0 spiro atoms. The SMILES string of the molecule is COc1c(Cl)cc(Cl)cc1C(Nc1ccc(Br)cc1)P(=O)(OC)OC. The van der Waals surface area contributed by atoms with Gasteiger partial charge in [0.25, 0.3) is 0 Å². The smallest absolute Gasteiger partial charge is 0.356 e. The van der Waals surface area contributed by atoms with Crippen LogP contribution >= 0.6 is 46.7 Å². The van der Waals surface area contributed by atoms with Gasteiger partial charge in [-0.05, 0) is 36.4 Å². The summed E-state index contributed by atoms with van der Waals surface area (Å²) in [6, 6.07) is 10.5. The zero-order valence-corrected chi connectivity index (χ0v) is 17.7. The van der Waals surface area contributed by atoms with Crippen LogP contribution in [-0.4, -0.2) is 21.3 Å². The summed E-state index contributed by atoms with van der Waals surface area (Å²) in [5, 5.41) is 3.84. The van der Waals surface area contributed by atoms with Crippen LogP contribution in [0, 0.1) is 0 Å². The van der Waals surface area contributed by atoms with Crippen molar-refractivity contribution in [1.29, 1.82) is 0 Å². The van der Waals surface area contributed by atoms with Gasteiger partial charge in [0.2, 0.25) is 0 Å². The molecule has 25 heavy (non-hydrogen) atoms. The minimum atomic E-state index is -3.59. The van der Waals surface area contributed by atoms with E-state index in [2.05, 4.69) is 21.2 Å². The third-order valence-electron chi connectivity index (χ3n) is 3.51. The van der Waals surface area contributed by atoms with Crippen LogP contribution in [0.3, 0.4) is 0 Å². The average Bonchev–Trinajstić information content (AvgIpc) is 2.60. The fourth-order valence-electron chi connectivity index (χ4n) is 2.32. The number of rotatable bonds is 7. The van der Waals surface area contributed by atoms with Gasteiger partial charge in [0, 0.05) is 35.0 Å². The number of benzene rings is 2. The van der Waals surface area contributed by atoms with E-state index in [0.29, 0.717) is 27.0 Å². The van der Waals surface area contributed by atoms with E-state index in [0.717, 1.165) is 4.47 Å². The number of methoxy groups -OCH3 is 1. The summed E-state index contributed by atoms with van der Waals surface area (Å²) >= 11 is 15.7. The summed E-state index contributed by atoms with van der Waals surface area (Å²) in [6.45, 7) is 0. The van der Waals surface area contributed by atoms with Crippen LogP contribution in [0.25, 0.3) is 0 Å². The van der Waals surface area contributed by atoms with Crippen LogP contribution in [0.5, 0.6) is 5.75 Å². The first-order valence-electron chi connectivity index (χ1n) is 7.11. The molecule has 5 nitrogen and oxygen atoms in total. The minimum absolute atomic E-state index is 0.298. The fourth-order valence-corrected chi connectivity index (χ4v) is 4.58. The molecular weight excluding hydrogens is 452 g/mol. The third-order valence-corrected chi connectivity index (χ3v) is 6.59. The molecule has 0 fully saturated rings. The van der Waals surface area contributed by atoms with Crippen LogP contribution in [-0.2, 0) is 13.6 Å². The number of halogens is 3. The molecule has 0 aliphatic carbocycles. The first kappa shape index (κ1) is 20.6. The van der Waals surface area contributed by atoms with Gasteiger partial charge in [-0.1, -0.05) is 39.1 Å². The molecule has 0 bridgehead atoms. The second-order valence-corrected chi connectivity index (χ2v) is 9.05. The molecule has 2 rings (SSSR count). The summed E-state index contributed by atoms with van der Waals surface area (Å²) in [5.41, 5.74) is 1.18. The molecule has 2 aromatic rings. The molecule has 0 saturated heterocycles. The normalized spacial score (nSPS) is 12.7. The van der Waals surface area contributed by atoms with Gasteiger partial charge in [0.05, 0.1) is 12.1 Å². The Morgan fingerprint density at radius 3 is 2.20 bits per heavy atom. The lowest BCUT2D eigenvalue weighted by molar-refractivity contribution is 0.267. The molecule has 0 aromatic heterocycles. The van der Waals surface area contributed by atoms with Gasteiger partial charge in [-0.2, -0.15) is 0 Å². The van der Waals surface area contributed by atoms with E-state index in [-0.39, 0.29) is 0 Å². The number of anilines is 1. The predicted molar refractivity (Wildman–Crippen MR) is 105 cm³/mol. The lowest BCUT2D eigenvalue weighted by Crippen LogP contribution is -2.15. The Bertz CT molecular complexity index is 780. The van der Waals surface area contributed by atoms with Crippen molar-refractivity contribution in [3.63, 3.8) is 0 Å². The fraction of sp³-hybridized carbons (Fsp3) is 0.250. The summed E-state index contributed by atoms with van der Waals surface area (Å²) in [5.74, 6) is -0.537. The average molecular weight is 469 g/mol. The van der Waals surface area contributed by atoms with Crippen molar-refractivity contribution in [3.05, 3.63) is 56.5 Å². The topological polar surface area (TPSA) is 56.8 Å². The second-order valence-electron chi connectivity index (χ2n) is 4.97. The van der Waals surface area contributed by atoms with Gasteiger partial charge < -0.3 is 19.1 Å². The summed E-state index contributed by atoms with van der Waals surface area (Å²) in [4.78, 5) is 0. The molecule has 2 aromatic carbocycles. The van der Waals surface area contributed by atoms with Gasteiger partial charge in [-0.25, -0.2) is 0 Å². The molecule has 1 atom stereocenters.